The fraction of sp³-hybridized carbons (Fsp3) is 0.300. The molecule has 0 saturated heterocycles. The molecule has 0 bridgehead atoms. The van der Waals surface area contributed by atoms with Gasteiger partial charge in [0, 0.05) is 10.7 Å². The van der Waals surface area contributed by atoms with Gasteiger partial charge in [-0.15, -0.1) is 0 Å². The second-order valence-electron chi connectivity index (χ2n) is 6.24. The van der Waals surface area contributed by atoms with Crippen molar-refractivity contribution in [3.8, 4) is 0 Å². The van der Waals surface area contributed by atoms with Crippen molar-refractivity contribution in [2.75, 3.05) is 5.32 Å². The summed E-state index contributed by atoms with van der Waals surface area (Å²) >= 11 is 5.80. The molecule has 132 valence electrons. The summed E-state index contributed by atoms with van der Waals surface area (Å²) in [6.45, 7) is 7.62. The molecule has 2 rings (SSSR count). The monoisotopic (exact) mass is 359 g/mol. The van der Waals surface area contributed by atoms with E-state index in [1.165, 1.54) is 0 Å². The number of esters is 1. The molecule has 0 aliphatic rings. The lowest BCUT2D eigenvalue weighted by Crippen LogP contribution is -2.30. The molecule has 25 heavy (non-hydrogen) atoms. The van der Waals surface area contributed by atoms with Crippen molar-refractivity contribution >= 4 is 29.2 Å². The van der Waals surface area contributed by atoms with Crippen molar-refractivity contribution < 1.29 is 14.3 Å². The predicted octanol–water partition coefficient (Wildman–Crippen LogP) is 4.96. The lowest BCUT2D eigenvalue weighted by molar-refractivity contribution is -0.123. The molecule has 2 aromatic carbocycles. The number of ether oxygens (including phenoxy) is 1. The van der Waals surface area contributed by atoms with Gasteiger partial charge in [0.2, 0.25) is 0 Å². The molecule has 0 aliphatic heterocycles. The minimum absolute atomic E-state index is 0.266. The molecule has 4 nitrogen and oxygen atoms in total. The average molecular weight is 360 g/mol. The molecule has 0 saturated carbocycles. The molecule has 0 fully saturated rings. The minimum atomic E-state index is -0.914. The minimum Gasteiger partial charge on any atom is -0.449 e. The first kappa shape index (κ1) is 19.0. The van der Waals surface area contributed by atoms with Crippen molar-refractivity contribution in [2.45, 2.75) is 39.7 Å². The Kier molecular flexibility index (Phi) is 6.21. The number of carbonyl (C=O) groups excluding carboxylic acids is 2. The van der Waals surface area contributed by atoms with Crippen LogP contribution in [0.15, 0.2) is 42.5 Å². The van der Waals surface area contributed by atoms with Gasteiger partial charge in [-0.2, -0.15) is 0 Å². The number of benzene rings is 2. The topological polar surface area (TPSA) is 55.4 Å². The standard InChI is InChI=1S/C20H22ClNO3/c1-12(2)17-7-5-6-13(3)18(17)22-19(23)14(4)25-20(24)15-8-10-16(21)11-9-15/h5-12,14H,1-4H3,(H,22,23)/t14-/m0/s1. The summed E-state index contributed by atoms with van der Waals surface area (Å²) in [6.07, 6.45) is -0.914. The van der Waals surface area contributed by atoms with E-state index in [2.05, 4.69) is 19.2 Å². The number of amides is 1. The maximum Gasteiger partial charge on any atom is 0.338 e. The molecule has 0 heterocycles. The van der Waals surface area contributed by atoms with Crippen LogP contribution in [0.5, 0.6) is 0 Å². The Balaban J connectivity index is 2.08. The normalized spacial score (nSPS) is 11.9. The van der Waals surface area contributed by atoms with Crippen LogP contribution in [0.25, 0.3) is 0 Å². The van der Waals surface area contributed by atoms with Gasteiger partial charge in [-0.25, -0.2) is 4.79 Å². The zero-order chi connectivity index (χ0) is 18.6. The highest BCUT2D eigenvalue weighted by molar-refractivity contribution is 6.30. The van der Waals surface area contributed by atoms with E-state index in [1.807, 2.05) is 25.1 Å². The third-order valence-electron chi connectivity index (χ3n) is 3.91. The average Bonchev–Trinajstić information content (AvgIpc) is 2.56. The van der Waals surface area contributed by atoms with Gasteiger partial charge in [0.1, 0.15) is 0 Å². The Morgan fingerprint density at radius 1 is 1.04 bits per heavy atom. The van der Waals surface area contributed by atoms with Crippen molar-refractivity contribution in [2.24, 2.45) is 0 Å². The number of hydrogen-bond donors (Lipinski definition) is 1. The fourth-order valence-electron chi connectivity index (χ4n) is 2.44. The van der Waals surface area contributed by atoms with Gasteiger partial charge in [0.05, 0.1) is 5.56 Å². The molecule has 1 N–H and O–H groups in total. The highest BCUT2D eigenvalue weighted by Crippen LogP contribution is 2.27. The van der Waals surface area contributed by atoms with Crippen LogP contribution in [0.1, 0.15) is 48.2 Å². The summed E-state index contributed by atoms with van der Waals surface area (Å²) in [7, 11) is 0. The Hall–Kier alpha value is -2.33. The highest BCUT2D eigenvalue weighted by Gasteiger charge is 2.21. The number of anilines is 1. The van der Waals surface area contributed by atoms with E-state index >= 15 is 0 Å². The second-order valence-corrected chi connectivity index (χ2v) is 6.67. The maximum atomic E-state index is 12.5. The van der Waals surface area contributed by atoms with Crippen LogP contribution < -0.4 is 5.32 Å². The zero-order valence-corrected chi connectivity index (χ0v) is 15.6. The van der Waals surface area contributed by atoms with Gasteiger partial charge in [-0.05, 0) is 55.2 Å². The Morgan fingerprint density at radius 2 is 1.68 bits per heavy atom. The molecule has 0 unspecified atom stereocenters. The number of rotatable bonds is 5. The van der Waals surface area contributed by atoms with Crippen molar-refractivity contribution in [3.63, 3.8) is 0 Å². The van der Waals surface area contributed by atoms with E-state index in [9.17, 15) is 9.59 Å². The molecule has 5 heteroatoms. The lowest BCUT2D eigenvalue weighted by Gasteiger charge is -2.19. The smallest absolute Gasteiger partial charge is 0.338 e. The van der Waals surface area contributed by atoms with Crippen LogP contribution in [-0.4, -0.2) is 18.0 Å². The van der Waals surface area contributed by atoms with E-state index in [0.29, 0.717) is 10.6 Å². The summed E-state index contributed by atoms with van der Waals surface area (Å²) in [5.41, 5.74) is 3.14. The third kappa shape index (κ3) is 4.83. The molecular weight excluding hydrogens is 338 g/mol. The van der Waals surface area contributed by atoms with Crippen LogP contribution in [-0.2, 0) is 9.53 Å². The van der Waals surface area contributed by atoms with Crippen LogP contribution >= 0.6 is 11.6 Å². The second kappa shape index (κ2) is 8.17. The number of nitrogens with one attached hydrogen (secondary N) is 1. The summed E-state index contributed by atoms with van der Waals surface area (Å²) in [5, 5.41) is 3.42. The lowest BCUT2D eigenvalue weighted by atomic mass is 9.98. The van der Waals surface area contributed by atoms with E-state index in [4.69, 9.17) is 16.3 Å². The summed E-state index contributed by atoms with van der Waals surface area (Å²) in [4.78, 5) is 24.6. The van der Waals surface area contributed by atoms with Gasteiger partial charge < -0.3 is 10.1 Å². The van der Waals surface area contributed by atoms with E-state index in [-0.39, 0.29) is 11.8 Å². The number of halogens is 1. The van der Waals surface area contributed by atoms with Crippen molar-refractivity contribution in [1.82, 2.24) is 0 Å². The quantitative estimate of drug-likeness (QED) is 0.768. The number of hydrogen-bond acceptors (Lipinski definition) is 3. The molecular formula is C20H22ClNO3. The Bertz CT molecular complexity index is 769. The first-order valence-electron chi connectivity index (χ1n) is 8.16. The van der Waals surface area contributed by atoms with Crippen LogP contribution in [0, 0.1) is 6.92 Å². The first-order chi connectivity index (χ1) is 11.8. The molecule has 0 aromatic heterocycles. The third-order valence-corrected chi connectivity index (χ3v) is 4.16. The molecule has 1 amide bonds. The van der Waals surface area contributed by atoms with Gasteiger partial charge in [-0.1, -0.05) is 43.6 Å². The van der Waals surface area contributed by atoms with Gasteiger partial charge in [0.25, 0.3) is 5.91 Å². The Morgan fingerprint density at radius 3 is 2.28 bits per heavy atom. The van der Waals surface area contributed by atoms with Crippen LogP contribution in [0.2, 0.25) is 5.02 Å². The number of aryl methyl sites for hydroxylation is 1. The molecule has 1 atom stereocenters. The number of para-hydroxylation sites is 1. The largest absolute Gasteiger partial charge is 0.449 e. The van der Waals surface area contributed by atoms with E-state index < -0.39 is 12.1 Å². The van der Waals surface area contributed by atoms with E-state index in [0.717, 1.165) is 16.8 Å². The zero-order valence-electron chi connectivity index (χ0n) is 14.8. The van der Waals surface area contributed by atoms with Gasteiger partial charge in [0.15, 0.2) is 6.10 Å². The van der Waals surface area contributed by atoms with Crippen LogP contribution in [0.4, 0.5) is 5.69 Å². The summed E-state index contributed by atoms with van der Waals surface area (Å²) < 4.78 is 5.26. The number of carbonyl (C=O) groups is 2. The van der Waals surface area contributed by atoms with Crippen molar-refractivity contribution in [1.29, 1.82) is 0 Å². The molecule has 0 spiro atoms. The fourth-order valence-corrected chi connectivity index (χ4v) is 2.56. The van der Waals surface area contributed by atoms with E-state index in [1.54, 1.807) is 31.2 Å². The summed E-state index contributed by atoms with van der Waals surface area (Å²) in [6, 6.07) is 12.2. The molecule has 2 aromatic rings. The molecule has 0 aliphatic carbocycles. The maximum absolute atomic E-state index is 12.5. The first-order valence-corrected chi connectivity index (χ1v) is 8.54. The predicted molar refractivity (Wildman–Crippen MR) is 100 cm³/mol. The van der Waals surface area contributed by atoms with Crippen LogP contribution in [0.3, 0.4) is 0 Å². The van der Waals surface area contributed by atoms with Crippen molar-refractivity contribution in [3.05, 3.63) is 64.2 Å². The Labute approximate surface area is 153 Å². The summed E-state index contributed by atoms with van der Waals surface area (Å²) in [5.74, 6) is -0.658. The highest BCUT2D eigenvalue weighted by atomic mass is 35.5. The van der Waals surface area contributed by atoms with Gasteiger partial charge in [-0.3, -0.25) is 4.79 Å². The molecule has 0 radical (unpaired) electrons. The SMILES string of the molecule is Cc1cccc(C(C)C)c1NC(=O)[C@H](C)OC(=O)c1ccc(Cl)cc1. The van der Waals surface area contributed by atoms with Gasteiger partial charge >= 0.3 is 5.97 Å².